The van der Waals surface area contributed by atoms with Crippen LogP contribution in [-0.4, -0.2) is 40.7 Å². The van der Waals surface area contributed by atoms with Crippen molar-refractivity contribution in [1.82, 2.24) is 9.91 Å². The maximum Gasteiger partial charge on any atom is 0.243 e. The average Bonchev–Trinajstić information content (AvgIpc) is 2.97. The third kappa shape index (κ3) is 2.14. The lowest BCUT2D eigenvalue weighted by atomic mass is 9.78. The molecule has 2 unspecified atom stereocenters. The van der Waals surface area contributed by atoms with Gasteiger partial charge in [-0.3, -0.25) is 9.69 Å². The standard InChI is InChI=1S/C17H20BrN3O/c1-2-14(22)21-16(12-4-3-5-13(18)10-12)17-15(19-21)11-6-8-20(17)9-7-11/h3-5,10-11,16-17H,2,6-9H2,1H3. The van der Waals surface area contributed by atoms with Gasteiger partial charge in [-0.2, -0.15) is 5.10 Å². The minimum absolute atomic E-state index is 0.0306. The van der Waals surface area contributed by atoms with Gasteiger partial charge in [-0.1, -0.05) is 35.0 Å². The molecule has 0 N–H and O–H groups in total. The van der Waals surface area contributed by atoms with Crippen LogP contribution in [0.5, 0.6) is 0 Å². The van der Waals surface area contributed by atoms with E-state index >= 15 is 0 Å². The van der Waals surface area contributed by atoms with E-state index in [1.807, 2.05) is 19.1 Å². The first-order valence-corrected chi connectivity index (χ1v) is 8.88. The van der Waals surface area contributed by atoms with Gasteiger partial charge in [-0.25, -0.2) is 5.01 Å². The Morgan fingerprint density at radius 2 is 2.09 bits per heavy atom. The van der Waals surface area contributed by atoms with Crippen LogP contribution in [0.15, 0.2) is 33.8 Å². The molecule has 0 aromatic heterocycles. The van der Waals surface area contributed by atoms with Crippen LogP contribution in [0, 0.1) is 5.92 Å². The van der Waals surface area contributed by atoms with Crippen molar-refractivity contribution in [2.45, 2.75) is 38.3 Å². The molecule has 0 radical (unpaired) electrons. The summed E-state index contributed by atoms with van der Waals surface area (Å²) in [5, 5.41) is 6.56. The molecule has 3 saturated heterocycles. The summed E-state index contributed by atoms with van der Waals surface area (Å²) in [6, 6.07) is 8.62. The Balaban J connectivity index is 1.78. The second kappa shape index (κ2) is 5.46. The maximum absolute atomic E-state index is 12.4. The zero-order chi connectivity index (χ0) is 15.3. The summed E-state index contributed by atoms with van der Waals surface area (Å²) < 4.78 is 1.05. The topological polar surface area (TPSA) is 35.9 Å². The highest BCUT2D eigenvalue weighted by Gasteiger charge is 2.50. The highest BCUT2D eigenvalue weighted by atomic mass is 79.9. The fraction of sp³-hybridized carbons (Fsp3) is 0.529. The first-order chi connectivity index (χ1) is 10.7. The third-order valence-corrected chi connectivity index (χ3v) is 5.67. The van der Waals surface area contributed by atoms with Gasteiger partial charge in [0, 0.05) is 16.8 Å². The van der Waals surface area contributed by atoms with Crippen LogP contribution in [0.4, 0.5) is 0 Å². The second-order valence-electron chi connectivity index (χ2n) is 6.37. The number of hydrogen-bond acceptors (Lipinski definition) is 3. The fourth-order valence-electron chi connectivity index (χ4n) is 4.11. The van der Waals surface area contributed by atoms with Crippen LogP contribution in [0.2, 0.25) is 0 Å². The lowest BCUT2D eigenvalue weighted by Gasteiger charge is -2.46. The highest BCUT2D eigenvalue weighted by molar-refractivity contribution is 9.10. The zero-order valence-electron chi connectivity index (χ0n) is 12.7. The van der Waals surface area contributed by atoms with Gasteiger partial charge in [-0.05, 0) is 43.6 Å². The summed E-state index contributed by atoms with van der Waals surface area (Å²) in [7, 11) is 0. The largest absolute Gasteiger partial charge is 0.293 e. The zero-order valence-corrected chi connectivity index (χ0v) is 14.3. The summed E-state index contributed by atoms with van der Waals surface area (Å²) in [6.45, 7) is 4.18. The Hall–Kier alpha value is -1.20. The highest BCUT2D eigenvalue weighted by Crippen LogP contribution is 2.43. The van der Waals surface area contributed by atoms with E-state index in [2.05, 4.69) is 33.0 Å². The molecule has 116 valence electrons. The second-order valence-corrected chi connectivity index (χ2v) is 7.29. The number of rotatable bonds is 2. The number of halogens is 1. The Kier molecular flexibility index (Phi) is 3.57. The number of nitrogens with zero attached hydrogens (tertiary/aromatic N) is 3. The summed E-state index contributed by atoms with van der Waals surface area (Å²) in [5.41, 5.74) is 2.41. The van der Waals surface area contributed by atoms with Crippen molar-refractivity contribution >= 4 is 27.5 Å². The first-order valence-electron chi connectivity index (χ1n) is 8.09. The summed E-state index contributed by atoms with van der Waals surface area (Å²) in [5.74, 6) is 0.687. The molecule has 1 amide bonds. The summed E-state index contributed by atoms with van der Waals surface area (Å²) in [4.78, 5) is 15.0. The Labute approximate surface area is 139 Å². The van der Waals surface area contributed by atoms with E-state index in [9.17, 15) is 4.79 Å². The van der Waals surface area contributed by atoms with E-state index in [4.69, 9.17) is 5.10 Å². The number of benzene rings is 1. The molecule has 0 saturated carbocycles. The van der Waals surface area contributed by atoms with Crippen LogP contribution in [0.1, 0.15) is 37.8 Å². The van der Waals surface area contributed by atoms with Crippen molar-refractivity contribution in [3.63, 3.8) is 0 Å². The molecule has 0 aliphatic carbocycles. The van der Waals surface area contributed by atoms with E-state index in [1.165, 1.54) is 24.1 Å². The fourth-order valence-corrected chi connectivity index (χ4v) is 4.53. The molecule has 1 aromatic carbocycles. The summed E-state index contributed by atoms with van der Waals surface area (Å²) >= 11 is 3.56. The minimum Gasteiger partial charge on any atom is -0.293 e. The van der Waals surface area contributed by atoms with Crippen molar-refractivity contribution < 1.29 is 4.79 Å². The molecular formula is C17H20BrN3O. The monoisotopic (exact) mass is 361 g/mol. The van der Waals surface area contributed by atoms with Crippen LogP contribution in [-0.2, 0) is 4.79 Å². The van der Waals surface area contributed by atoms with Crippen molar-refractivity contribution in [3.8, 4) is 0 Å². The number of carbonyl (C=O) groups excluding carboxylic acids is 1. The van der Waals surface area contributed by atoms with Crippen LogP contribution < -0.4 is 0 Å². The Bertz CT molecular complexity index is 637. The minimum atomic E-state index is 0.0306. The van der Waals surface area contributed by atoms with Crippen molar-refractivity contribution in [2.24, 2.45) is 11.0 Å². The lowest BCUT2D eigenvalue weighted by Crippen LogP contribution is -2.56. The molecule has 0 spiro atoms. The molecular weight excluding hydrogens is 342 g/mol. The van der Waals surface area contributed by atoms with E-state index in [-0.39, 0.29) is 18.0 Å². The molecule has 5 rings (SSSR count). The average molecular weight is 362 g/mol. The normalized spacial score (nSPS) is 32.8. The molecule has 4 nitrogen and oxygen atoms in total. The smallest absolute Gasteiger partial charge is 0.243 e. The number of hydrazone groups is 1. The lowest BCUT2D eigenvalue weighted by molar-refractivity contribution is -0.133. The first kappa shape index (κ1) is 14.4. The van der Waals surface area contributed by atoms with Gasteiger partial charge in [0.05, 0.1) is 11.8 Å². The van der Waals surface area contributed by atoms with Gasteiger partial charge in [0.1, 0.15) is 6.04 Å². The predicted octanol–water partition coefficient (Wildman–Crippen LogP) is 3.19. The number of amides is 1. The van der Waals surface area contributed by atoms with Gasteiger partial charge in [0.2, 0.25) is 5.91 Å². The molecule has 2 atom stereocenters. The molecule has 3 fully saturated rings. The number of piperidine rings is 3. The quantitative estimate of drug-likeness (QED) is 0.810. The predicted molar refractivity (Wildman–Crippen MR) is 89.5 cm³/mol. The number of fused-ring (bicyclic) bond motifs is 2. The van der Waals surface area contributed by atoms with Crippen molar-refractivity contribution in [1.29, 1.82) is 0 Å². The van der Waals surface area contributed by atoms with Gasteiger partial charge in [0.15, 0.2) is 0 Å². The Morgan fingerprint density at radius 3 is 2.77 bits per heavy atom. The molecule has 4 heterocycles. The van der Waals surface area contributed by atoms with E-state index in [0.717, 1.165) is 17.6 Å². The van der Waals surface area contributed by atoms with Gasteiger partial charge in [-0.15, -0.1) is 0 Å². The van der Waals surface area contributed by atoms with Gasteiger partial charge in [0.25, 0.3) is 0 Å². The van der Waals surface area contributed by atoms with E-state index in [1.54, 1.807) is 5.01 Å². The Morgan fingerprint density at radius 1 is 1.32 bits per heavy atom. The van der Waals surface area contributed by atoms with Crippen LogP contribution in [0.25, 0.3) is 0 Å². The van der Waals surface area contributed by atoms with Crippen LogP contribution >= 0.6 is 15.9 Å². The SMILES string of the molecule is CCC(=O)N1N=C2C3CCN(CC3)C2C1c1cccc(Br)c1. The van der Waals surface area contributed by atoms with Crippen LogP contribution in [0.3, 0.4) is 0 Å². The maximum atomic E-state index is 12.4. The molecule has 1 aromatic rings. The van der Waals surface area contributed by atoms with Gasteiger partial charge >= 0.3 is 0 Å². The van der Waals surface area contributed by atoms with Crippen molar-refractivity contribution in [3.05, 3.63) is 34.3 Å². The number of carbonyl (C=O) groups is 1. The molecule has 4 aliphatic heterocycles. The van der Waals surface area contributed by atoms with Gasteiger partial charge < -0.3 is 0 Å². The molecule has 2 bridgehead atoms. The molecule has 22 heavy (non-hydrogen) atoms. The third-order valence-electron chi connectivity index (χ3n) is 5.18. The molecule has 5 heteroatoms. The molecule has 4 aliphatic rings. The summed E-state index contributed by atoms with van der Waals surface area (Å²) in [6.07, 6.45) is 2.88. The number of hydrogen-bond donors (Lipinski definition) is 0. The van der Waals surface area contributed by atoms with Crippen molar-refractivity contribution in [2.75, 3.05) is 13.1 Å². The van der Waals surface area contributed by atoms with E-state index in [0.29, 0.717) is 12.3 Å². The van der Waals surface area contributed by atoms with E-state index < -0.39 is 0 Å².